The summed E-state index contributed by atoms with van der Waals surface area (Å²) >= 11 is 0. The lowest BCUT2D eigenvalue weighted by Gasteiger charge is -2.16. The average molecular weight is 532 g/mol. The van der Waals surface area contributed by atoms with Gasteiger partial charge in [0.25, 0.3) is 11.8 Å². The van der Waals surface area contributed by atoms with E-state index >= 15 is 0 Å². The molecule has 11 nitrogen and oxygen atoms in total. The van der Waals surface area contributed by atoms with Crippen LogP contribution in [-0.4, -0.2) is 52.8 Å². The summed E-state index contributed by atoms with van der Waals surface area (Å²) in [6.45, 7) is 4.29. The van der Waals surface area contributed by atoms with Gasteiger partial charge in [-0.1, -0.05) is 12.7 Å². The van der Waals surface area contributed by atoms with Gasteiger partial charge in [-0.25, -0.2) is 9.78 Å². The number of anilines is 1. The molecule has 0 unspecified atom stereocenters. The Morgan fingerprint density at radius 3 is 2.38 bits per heavy atom. The molecule has 1 aliphatic carbocycles. The molecule has 11 heteroatoms. The van der Waals surface area contributed by atoms with Crippen LogP contribution in [-0.2, 0) is 0 Å². The summed E-state index contributed by atoms with van der Waals surface area (Å²) in [5.74, 6) is -1.61. The molecular formula is C28H29N5O6. The first-order valence-corrected chi connectivity index (χ1v) is 11.8. The van der Waals surface area contributed by atoms with E-state index < -0.39 is 17.8 Å². The topological polar surface area (TPSA) is 199 Å². The zero-order valence-electron chi connectivity index (χ0n) is 21.2. The highest BCUT2D eigenvalue weighted by Gasteiger charge is 2.25. The lowest BCUT2D eigenvalue weighted by atomic mass is 9.94. The minimum Gasteiger partial charge on any atom is -0.496 e. The summed E-state index contributed by atoms with van der Waals surface area (Å²) < 4.78 is 5.44. The number of carboxylic acid groups (broad SMARTS) is 1. The third kappa shape index (κ3) is 6.46. The maximum Gasteiger partial charge on any atom is 0.355 e. The van der Waals surface area contributed by atoms with Crippen LogP contribution in [0.3, 0.4) is 0 Å². The highest BCUT2D eigenvalue weighted by atomic mass is 16.5. The first kappa shape index (κ1) is 28.5. The number of rotatable bonds is 10. The third-order valence-electron chi connectivity index (χ3n) is 6.16. The van der Waals surface area contributed by atoms with Crippen molar-refractivity contribution in [3.8, 4) is 16.9 Å². The molecule has 202 valence electrons. The number of benzene rings is 2. The Bertz CT molecular complexity index is 1450. The number of aromatic nitrogens is 1. The molecule has 1 heterocycles. The molecule has 2 aromatic carbocycles. The Morgan fingerprint density at radius 1 is 1.13 bits per heavy atom. The minimum absolute atomic E-state index is 0. The number of nitrogens with zero attached hydrogens (tertiary/aromatic N) is 1. The number of carboxylic acids is 1. The van der Waals surface area contributed by atoms with E-state index in [2.05, 4.69) is 22.2 Å². The van der Waals surface area contributed by atoms with Gasteiger partial charge in [0.05, 0.1) is 7.11 Å². The number of amidine groups is 1. The van der Waals surface area contributed by atoms with Crippen LogP contribution in [0.5, 0.6) is 5.75 Å². The second kappa shape index (κ2) is 12.0. The molecule has 0 bridgehead atoms. The third-order valence-corrected chi connectivity index (χ3v) is 6.16. The molecule has 8 N–H and O–H groups in total. The van der Waals surface area contributed by atoms with Crippen molar-refractivity contribution < 1.29 is 29.7 Å². The predicted molar refractivity (Wildman–Crippen MR) is 147 cm³/mol. The van der Waals surface area contributed by atoms with Gasteiger partial charge in [-0.15, -0.1) is 0 Å². The van der Waals surface area contributed by atoms with E-state index in [0.29, 0.717) is 35.0 Å². The summed E-state index contributed by atoms with van der Waals surface area (Å²) in [6.07, 6.45) is 3.63. The van der Waals surface area contributed by atoms with Crippen LogP contribution in [0.2, 0.25) is 0 Å². The van der Waals surface area contributed by atoms with Gasteiger partial charge >= 0.3 is 5.97 Å². The second-order valence-corrected chi connectivity index (χ2v) is 8.84. The van der Waals surface area contributed by atoms with Crippen LogP contribution in [0.4, 0.5) is 5.69 Å². The number of hydrogen-bond donors (Lipinski definition) is 5. The van der Waals surface area contributed by atoms with Gasteiger partial charge in [0, 0.05) is 40.0 Å². The summed E-state index contributed by atoms with van der Waals surface area (Å²) in [5, 5.41) is 23.0. The van der Waals surface area contributed by atoms with E-state index in [4.69, 9.17) is 15.9 Å². The van der Waals surface area contributed by atoms with Crippen molar-refractivity contribution in [2.75, 3.05) is 19.0 Å². The molecule has 1 fully saturated rings. The highest BCUT2D eigenvalue weighted by Crippen LogP contribution is 2.34. The molecule has 1 aromatic heterocycles. The Balaban J connectivity index is 0.00000420. The number of carbonyl (C=O) groups excluding carboxylic acids is 2. The monoisotopic (exact) mass is 531 g/mol. The number of nitrogens with two attached hydrogens (primary N) is 1. The number of ether oxygens (including phenoxy) is 1. The molecule has 1 saturated carbocycles. The van der Waals surface area contributed by atoms with E-state index in [9.17, 15) is 19.5 Å². The quantitative estimate of drug-likeness (QED) is 0.195. The zero-order valence-corrected chi connectivity index (χ0v) is 21.2. The molecule has 0 aliphatic heterocycles. The normalized spacial score (nSPS) is 12.0. The van der Waals surface area contributed by atoms with Gasteiger partial charge in [-0.05, 0) is 67.3 Å². The van der Waals surface area contributed by atoms with Crippen LogP contribution in [0.1, 0.15) is 55.3 Å². The molecule has 0 atom stereocenters. The molecule has 0 radical (unpaired) electrons. The van der Waals surface area contributed by atoms with Crippen LogP contribution in [0.25, 0.3) is 17.2 Å². The van der Waals surface area contributed by atoms with Gasteiger partial charge in [-0.2, -0.15) is 0 Å². The largest absolute Gasteiger partial charge is 0.496 e. The van der Waals surface area contributed by atoms with E-state index in [1.807, 2.05) is 0 Å². The van der Waals surface area contributed by atoms with Crippen LogP contribution in [0, 0.1) is 11.3 Å². The van der Waals surface area contributed by atoms with Gasteiger partial charge in [0.2, 0.25) is 0 Å². The van der Waals surface area contributed by atoms with E-state index in [1.54, 1.807) is 36.4 Å². The van der Waals surface area contributed by atoms with Crippen molar-refractivity contribution in [2.24, 2.45) is 11.7 Å². The summed E-state index contributed by atoms with van der Waals surface area (Å²) in [4.78, 5) is 42.3. The number of carbonyl (C=O) groups is 3. The van der Waals surface area contributed by atoms with Gasteiger partial charge in [-0.3, -0.25) is 15.0 Å². The Labute approximate surface area is 224 Å². The number of aromatic carboxylic acids is 1. The van der Waals surface area contributed by atoms with Gasteiger partial charge in [0.15, 0.2) is 5.69 Å². The van der Waals surface area contributed by atoms with E-state index in [1.165, 1.54) is 25.3 Å². The average Bonchev–Trinajstić information content (AvgIpc) is 3.75. The maximum absolute atomic E-state index is 13.4. The molecule has 2 amide bonds. The Kier molecular flexibility index (Phi) is 8.79. The van der Waals surface area contributed by atoms with Crippen LogP contribution < -0.4 is 21.1 Å². The molecule has 0 saturated heterocycles. The molecule has 0 spiro atoms. The van der Waals surface area contributed by atoms with Crippen molar-refractivity contribution in [3.05, 3.63) is 83.2 Å². The maximum atomic E-state index is 13.4. The standard InChI is InChI=1S/C28H27N5O5.H2O/c1-3-16-12-21(26(34)32-18-8-6-17(7-9-18)25(29)30)20(13-23(16)38-2)19-10-11-22(33-24(19)28(36)37)27(35)31-14-15-4-5-15;/h3,6-13,15H,1,4-5,14H2,2H3,(H3,29,30)(H,31,35)(H,32,34)(H,36,37);1H2. The van der Waals surface area contributed by atoms with Crippen molar-refractivity contribution in [1.29, 1.82) is 5.41 Å². The number of nitrogens with one attached hydrogen (secondary N) is 3. The summed E-state index contributed by atoms with van der Waals surface area (Å²) in [5.41, 5.74) is 7.09. The summed E-state index contributed by atoms with van der Waals surface area (Å²) in [6, 6.07) is 12.4. The number of hydrogen-bond acceptors (Lipinski definition) is 6. The second-order valence-electron chi connectivity index (χ2n) is 8.84. The lowest BCUT2D eigenvalue weighted by molar-refractivity contribution is 0.0691. The van der Waals surface area contributed by atoms with Crippen LogP contribution in [0.15, 0.2) is 55.1 Å². The lowest BCUT2D eigenvalue weighted by Crippen LogP contribution is -2.27. The smallest absolute Gasteiger partial charge is 0.355 e. The fraction of sp³-hybridized carbons (Fsp3) is 0.179. The highest BCUT2D eigenvalue weighted by molar-refractivity contribution is 6.11. The fourth-order valence-electron chi connectivity index (χ4n) is 3.89. The zero-order chi connectivity index (χ0) is 27.4. The number of amides is 2. The molecule has 3 aromatic rings. The molecule has 1 aliphatic rings. The predicted octanol–water partition coefficient (Wildman–Crippen LogP) is 2.95. The van der Waals surface area contributed by atoms with Crippen molar-refractivity contribution in [1.82, 2.24) is 10.3 Å². The van der Waals surface area contributed by atoms with Crippen molar-refractivity contribution in [2.45, 2.75) is 12.8 Å². The molecule has 39 heavy (non-hydrogen) atoms. The number of pyridine rings is 1. The van der Waals surface area contributed by atoms with Crippen molar-refractivity contribution >= 4 is 35.4 Å². The summed E-state index contributed by atoms with van der Waals surface area (Å²) in [7, 11) is 1.45. The van der Waals surface area contributed by atoms with E-state index in [0.717, 1.165) is 12.8 Å². The van der Waals surface area contributed by atoms with Crippen molar-refractivity contribution in [3.63, 3.8) is 0 Å². The van der Waals surface area contributed by atoms with Gasteiger partial charge < -0.3 is 31.7 Å². The minimum atomic E-state index is -1.35. The Hall–Kier alpha value is -5.03. The fourth-order valence-corrected chi connectivity index (χ4v) is 3.89. The SMILES string of the molecule is C=Cc1cc(C(=O)Nc2ccc(C(=N)N)cc2)c(-c2ccc(C(=O)NCC3CC3)nc2C(=O)O)cc1OC.O. The van der Waals surface area contributed by atoms with Gasteiger partial charge in [0.1, 0.15) is 17.3 Å². The van der Waals surface area contributed by atoms with E-state index in [-0.39, 0.29) is 39.4 Å². The van der Waals surface area contributed by atoms with Crippen LogP contribution >= 0.6 is 0 Å². The number of nitrogen functional groups attached to an aromatic ring is 1. The molecule has 4 rings (SSSR count). The number of methoxy groups -OCH3 is 1. The first-order valence-electron chi connectivity index (χ1n) is 11.8. The Morgan fingerprint density at radius 2 is 1.82 bits per heavy atom. The first-order chi connectivity index (χ1) is 18.2. The molecular weight excluding hydrogens is 502 g/mol.